The summed E-state index contributed by atoms with van der Waals surface area (Å²) in [7, 11) is -0.923. The summed E-state index contributed by atoms with van der Waals surface area (Å²) in [6, 6.07) is 7.99. The van der Waals surface area contributed by atoms with Crippen molar-refractivity contribution in [1.82, 2.24) is 9.78 Å². The summed E-state index contributed by atoms with van der Waals surface area (Å²) in [5, 5.41) is 13.2. The van der Waals surface area contributed by atoms with Crippen LogP contribution in [0.3, 0.4) is 0 Å². The number of rotatable bonds is 5. The maximum atomic E-state index is 12.3. The number of sulfonamides is 1. The first kappa shape index (κ1) is 17.5. The van der Waals surface area contributed by atoms with Crippen molar-refractivity contribution >= 4 is 21.8 Å². The van der Waals surface area contributed by atoms with Crippen LogP contribution in [0, 0.1) is 18.3 Å². The first-order valence-electron chi connectivity index (χ1n) is 6.89. The number of carbonyl (C=O) groups is 1. The van der Waals surface area contributed by atoms with Gasteiger partial charge in [0.05, 0.1) is 24.1 Å². The van der Waals surface area contributed by atoms with Gasteiger partial charge in [-0.2, -0.15) is 10.4 Å². The average Bonchev–Trinajstić information content (AvgIpc) is 2.79. The van der Waals surface area contributed by atoms with Crippen LogP contribution in [0.4, 0.5) is 5.82 Å². The zero-order valence-electron chi connectivity index (χ0n) is 13.4. The van der Waals surface area contributed by atoms with Crippen molar-refractivity contribution in [3.8, 4) is 6.07 Å². The van der Waals surface area contributed by atoms with Gasteiger partial charge in [0, 0.05) is 7.05 Å². The van der Waals surface area contributed by atoms with E-state index in [-0.39, 0.29) is 17.1 Å². The molecule has 0 saturated carbocycles. The third kappa shape index (κ3) is 3.72. The molecule has 2 aromatic rings. The minimum Gasteiger partial charge on any atom is -0.465 e. The van der Waals surface area contributed by atoms with Crippen molar-refractivity contribution in [3.05, 3.63) is 46.6 Å². The van der Waals surface area contributed by atoms with Crippen molar-refractivity contribution in [2.75, 3.05) is 11.8 Å². The highest BCUT2D eigenvalue weighted by Crippen LogP contribution is 2.20. The quantitative estimate of drug-likeness (QED) is 0.815. The molecule has 9 heteroatoms. The van der Waals surface area contributed by atoms with Crippen LogP contribution in [0.1, 0.15) is 27.2 Å². The molecule has 126 valence electrons. The first-order chi connectivity index (χ1) is 11.3. The van der Waals surface area contributed by atoms with Gasteiger partial charge in [0.25, 0.3) is 0 Å². The average molecular weight is 348 g/mol. The Labute approximate surface area is 139 Å². The molecule has 0 amide bonds. The van der Waals surface area contributed by atoms with E-state index in [2.05, 4.69) is 14.6 Å². The number of methoxy groups -OCH3 is 1. The van der Waals surface area contributed by atoms with E-state index in [4.69, 9.17) is 5.26 Å². The van der Waals surface area contributed by atoms with Gasteiger partial charge in [-0.1, -0.05) is 12.1 Å². The summed E-state index contributed by atoms with van der Waals surface area (Å²) in [6.07, 6.45) is 0. The summed E-state index contributed by atoms with van der Waals surface area (Å²) in [5.41, 5.74) is 1.45. The molecule has 0 atom stereocenters. The fourth-order valence-electron chi connectivity index (χ4n) is 2.17. The number of nitriles is 1. The zero-order chi connectivity index (χ0) is 17.9. The summed E-state index contributed by atoms with van der Waals surface area (Å²) in [6.45, 7) is 1.63. The molecule has 1 N–H and O–H groups in total. The van der Waals surface area contributed by atoms with E-state index in [0.29, 0.717) is 16.8 Å². The normalized spacial score (nSPS) is 10.9. The van der Waals surface area contributed by atoms with Gasteiger partial charge in [-0.25, -0.2) is 13.2 Å². The molecule has 0 aliphatic heterocycles. The minimum atomic E-state index is -3.75. The van der Waals surface area contributed by atoms with E-state index in [1.54, 1.807) is 14.0 Å². The molecule has 0 aliphatic carbocycles. The van der Waals surface area contributed by atoms with Crippen LogP contribution in [-0.4, -0.2) is 31.3 Å². The highest BCUT2D eigenvalue weighted by molar-refractivity contribution is 7.91. The largest absolute Gasteiger partial charge is 0.465 e. The Hall–Kier alpha value is -2.86. The van der Waals surface area contributed by atoms with Crippen LogP contribution < -0.4 is 4.72 Å². The summed E-state index contributed by atoms with van der Waals surface area (Å²) >= 11 is 0. The fourth-order valence-corrected chi connectivity index (χ4v) is 3.40. The van der Waals surface area contributed by atoms with Crippen molar-refractivity contribution in [2.24, 2.45) is 7.05 Å². The van der Waals surface area contributed by atoms with Crippen LogP contribution >= 0.6 is 0 Å². The Morgan fingerprint density at radius 2 is 2.00 bits per heavy atom. The number of nitrogens with zero attached hydrogens (tertiary/aromatic N) is 3. The molecule has 0 radical (unpaired) electrons. The number of benzene rings is 1. The Morgan fingerprint density at radius 1 is 1.38 bits per heavy atom. The van der Waals surface area contributed by atoms with E-state index in [0.717, 1.165) is 0 Å². The van der Waals surface area contributed by atoms with Crippen molar-refractivity contribution in [1.29, 1.82) is 5.26 Å². The lowest BCUT2D eigenvalue weighted by Crippen LogP contribution is -2.18. The minimum absolute atomic E-state index is 0.126. The maximum absolute atomic E-state index is 12.3. The molecule has 1 aromatic carbocycles. The molecule has 0 fully saturated rings. The van der Waals surface area contributed by atoms with Crippen molar-refractivity contribution in [2.45, 2.75) is 12.7 Å². The number of carbonyl (C=O) groups excluding carboxylic acids is 1. The van der Waals surface area contributed by atoms with Gasteiger partial charge in [0.2, 0.25) is 10.0 Å². The summed E-state index contributed by atoms with van der Waals surface area (Å²) < 4.78 is 32.9. The van der Waals surface area contributed by atoms with E-state index in [1.165, 1.54) is 36.1 Å². The number of esters is 1. The first-order valence-corrected chi connectivity index (χ1v) is 8.54. The number of nitrogens with one attached hydrogen (secondary N) is 1. The van der Waals surface area contributed by atoms with Gasteiger partial charge >= 0.3 is 5.97 Å². The second-order valence-corrected chi connectivity index (χ2v) is 6.82. The Kier molecular flexibility index (Phi) is 4.90. The molecule has 8 nitrogen and oxygen atoms in total. The van der Waals surface area contributed by atoms with Gasteiger partial charge in [-0.15, -0.1) is 0 Å². The highest BCUT2D eigenvalue weighted by atomic mass is 32.2. The maximum Gasteiger partial charge on any atom is 0.337 e. The predicted octanol–water partition coefficient (Wildman–Crippen LogP) is 1.33. The predicted molar refractivity (Wildman–Crippen MR) is 86.7 cm³/mol. The molecular formula is C15H16N4O4S. The van der Waals surface area contributed by atoms with Crippen molar-refractivity contribution < 1.29 is 17.9 Å². The molecule has 0 unspecified atom stereocenters. The van der Waals surface area contributed by atoms with Gasteiger partial charge < -0.3 is 4.74 Å². The van der Waals surface area contributed by atoms with Gasteiger partial charge in [-0.3, -0.25) is 9.40 Å². The Morgan fingerprint density at radius 3 is 2.54 bits per heavy atom. The van der Waals surface area contributed by atoms with Crippen LogP contribution in [0.5, 0.6) is 0 Å². The monoisotopic (exact) mass is 348 g/mol. The molecular weight excluding hydrogens is 332 g/mol. The number of aryl methyl sites for hydroxylation is 2. The van der Waals surface area contributed by atoms with Crippen LogP contribution in [0.15, 0.2) is 24.3 Å². The standard InChI is InChI=1S/C15H16N4O4S/c1-10-13(8-16)14(19(2)17-10)18-24(21,22)9-11-4-6-12(7-5-11)15(20)23-3/h4-7,18H,9H2,1-3H3. The molecule has 1 aromatic heterocycles. The number of hydrogen-bond acceptors (Lipinski definition) is 6. The lowest BCUT2D eigenvalue weighted by atomic mass is 10.1. The van der Waals surface area contributed by atoms with E-state index < -0.39 is 16.0 Å². The number of ether oxygens (including phenoxy) is 1. The highest BCUT2D eigenvalue weighted by Gasteiger charge is 2.19. The van der Waals surface area contributed by atoms with Gasteiger partial charge in [0.15, 0.2) is 5.82 Å². The van der Waals surface area contributed by atoms with Gasteiger partial charge in [-0.05, 0) is 24.6 Å². The number of aromatic nitrogens is 2. The van der Waals surface area contributed by atoms with E-state index in [1.807, 2.05) is 6.07 Å². The molecule has 24 heavy (non-hydrogen) atoms. The third-order valence-electron chi connectivity index (χ3n) is 3.32. The molecule has 0 spiro atoms. The van der Waals surface area contributed by atoms with Gasteiger partial charge in [0.1, 0.15) is 11.6 Å². The lowest BCUT2D eigenvalue weighted by molar-refractivity contribution is 0.0600. The topological polar surface area (TPSA) is 114 Å². The van der Waals surface area contributed by atoms with E-state index >= 15 is 0 Å². The van der Waals surface area contributed by atoms with Crippen molar-refractivity contribution in [3.63, 3.8) is 0 Å². The number of anilines is 1. The van der Waals surface area contributed by atoms with Crippen LogP contribution in [0.2, 0.25) is 0 Å². The zero-order valence-corrected chi connectivity index (χ0v) is 14.2. The van der Waals surface area contributed by atoms with E-state index in [9.17, 15) is 13.2 Å². The molecule has 1 heterocycles. The Bertz CT molecular complexity index is 908. The molecule has 0 bridgehead atoms. The van der Waals surface area contributed by atoms with Crippen LogP contribution in [0.25, 0.3) is 0 Å². The fraction of sp³-hybridized carbons (Fsp3) is 0.267. The molecule has 0 saturated heterocycles. The SMILES string of the molecule is COC(=O)c1ccc(CS(=O)(=O)Nc2c(C#N)c(C)nn2C)cc1. The smallest absolute Gasteiger partial charge is 0.337 e. The Balaban J connectivity index is 2.21. The number of hydrogen-bond donors (Lipinski definition) is 1. The second kappa shape index (κ2) is 6.72. The lowest BCUT2D eigenvalue weighted by Gasteiger charge is -2.09. The molecule has 0 aliphatic rings. The second-order valence-electron chi connectivity index (χ2n) is 5.09. The van der Waals surface area contributed by atoms with Crippen LogP contribution in [-0.2, 0) is 27.6 Å². The summed E-state index contributed by atoms with van der Waals surface area (Å²) in [4.78, 5) is 11.4. The third-order valence-corrected chi connectivity index (χ3v) is 4.54. The molecule has 2 rings (SSSR count). The summed E-state index contributed by atoms with van der Waals surface area (Å²) in [5.74, 6) is -0.670.